The van der Waals surface area contributed by atoms with Gasteiger partial charge in [0.15, 0.2) is 0 Å². The van der Waals surface area contributed by atoms with Gasteiger partial charge in [0.2, 0.25) is 0 Å². The first-order valence-electron chi connectivity index (χ1n) is 2.71. The lowest BCUT2D eigenvalue weighted by Crippen LogP contribution is -1.95. The van der Waals surface area contributed by atoms with Crippen LogP contribution >= 0.6 is 17.8 Å². The third-order valence-electron chi connectivity index (χ3n) is 0.991. The molecule has 0 aromatic carbocycles. The fourth-order valence-corrected chi connectivity index (χ4v) is 1.93. The largest absolute Gasteiger partial charge is 0.134 e. The van der Waals surface area contributed by atoms with Crippen molar-refractivity contribution >= 4 is 17.8 Å². The molecule has 3 atom stereocenters. The van der Waals surface area contributed by atoms with Crippen molar-refractivity contribution in [2.75, 3.05) is 12.8 Å². The molecule has 2 heteroatoms. The second-order valence-corrected chi connectivity index (χ2v) is 3.78. The van der Waals surface area contributed by atoms with Crippen LogP contribution in [0.25, 0.3) is 0 Å². The third-order valence-corrected chi connectivity index (χ3v) is 3.10. The van der Waals surface area contributed by atoms with Gasteiger partial charge in [-0.25, -0.2) is 0 Å². The Morgan fingerprint density at radius 2 is 2.29 bits per heavy atom. The number of hydrogen-bond acceptors (Lipinski definition) is 0. The Kier molecular flexibility index (Phi) is 5.62. The fraction of sp³-hybridized carbons (Fsp3) is 1.00. The highest BCUT2D eigenvalue weighted by molar-refractivity contribution is 7.38. The summed E-state index contributed by atoms with van der Waals surface area (Å²) in [6.45, 7) is 4.49. The van der Waals surface area contributed by atoms with Gasteiger partial charge in [-0.15, -0.1) is 17.8 Å². The highest BCUT2D eigenvalue weighted by Gasteiger charge is 1.92. The maximum Gasteiger partial charge on any atom is -0.0230 e. The Morgan fingerprint density at radius 1 is 1.71 bits per heavy atom. The SMILES string of the molecule is CC[C@@H](P)CPC. The standard InChI is InChI=1S/C5H14P2/c1-3-5(6)4-7-2/h5,7H,3-4,6H2,1-2H3/t5-/m1/s1. The lowest BCUT2D eigenvalue weighted by molar-refractivity contribution is 0.916. The van der Waals surface area contributed by atoms with Crippen LogP contribution in [0.2, 0.25) is 0 Å². The van der Waals surface area contributed by atoms with Crippen LogP contribution in [0.15, 0.2) is 0 Å². The van der Waals surface area contributed by atoms with Gasteiger partial charge in [-0.2, -0.15) is 0 Å². The van der Waals surface area contributed by atoms with Crippen molar-refractivity contribution in [2.45, 2.75) is 19.0 Å². The van der Waals surface area contributed by atoms with E-state index in [1.165, 1.54) is 12.6 Å². The zero-order valence-corrected chi connectivity index (χ0v) is 7.22. The van der Waals surface area contributed by atoms with Gasteiger partial charge in [-0.3, -0.25) is 0 Å². The average molecular weight is 136 g/mol. The summed E-state index contributed by atoms with van der Waals surface area (Å²) in [4.78, 5) is 0. The van der Waals surface area contributed by atoms with Crippen LogP contribution in [-0.2, 0) is 0 Å². The van der Waals surface area contributed by atoms with Crippen LogP contribution in [0.4, 0.5) is 0 Å². The van der Waals surface area contributed by atoms with E-state index in [-0.39, 0.29) is 0 Å². The van der Waals surface area contributed by atoms with E-state index in [1.54, 1.807) is 0 Å². The molecule has 0 saturated heterocycles. The lowest BCUT2D eigenvalue weighted by atomic mass is 10.4. The van der Waals surface area contributed by atoms with Crippen molar-refractivity contribution in [3.63, 3.8) is 0 Å². The Balaban J connectivity index is 2.83. The predicted octanol–water partition coefficient (Wildman–Crippen LogP) is 1.95. The molecule has 0 aliphatic rings. The Labute approximate surface area is 50.4 Å². The molecular formula is C5H14P2. The van der Waals surface area contributed by atoms with E-state index < -0.39 is 0 Å². The Hall–Kier alpha value is 0.860. The molecule has 7 heavy (non-hydrogen) atoms. The molecule has 0 spiro atoms. The van der Waals surface area contributed by atoms with E-state index >= 15 is 0 Å². The van der Waals surface area contributed by atoms with Gasteiger partial charge in [0.25, 0.3) is 0 Å². The molecule has 0 nitrogen and oxygen atoms in total. The summed E-state index contributed by atoms with van der Waals surface area (Å²) < 4.78 is 0. The van der Waals surface area contributed by atoms with Crippen molar-refractivity contribution in [1.82, 2.24) is 0 Å². The molecule has 0 aliphatic carbocycles. The van der Waals surface area contributed by atoms with E-state index in [9.17, 15) is 0 Å². The maximum absolute atomic E-state index is 2.86. The Bertz CT molecular complexity index is 37.1. The van der Waals surface area contributed by atoms with Gasteiger partial charge >= 0.3 is 0 Å². The topological polar surface area (TPSA) is 0 Å². The molecular weight excluding hydrogens is 122 g/mol. The van der Waals surface area contributed by atoms with E-state index in [4.69, 9.17) is 0 Å². The zero-order chi connectivity index (χ0) is 5.70. The van der Waals surface area contributed by atoms with Gasteiger partial charge in [0.05, 0.1) is 0 Å². The van der Waals surface area contributed by atoms with Crippen LogP contribution < -0.4 is 0 Å². The monoisotopic (exact) mass is 136 g/mol. The fourth-order valence-electron chi connectivity index (χ4n) is 0.407. The summed E-state index contributed by atoms with van der Waals surface area (Å²) >= 11 is 0. The van der Waals surface area contributed by atoms with Crippen LogP contribution in [-0.4, -0.2) is 18.5 Å². The van der Waals surface area contributed by atoms with E-state index in [1.807, 2.05) is 0 Å². The summed E-state index contributed by atoms with van der Waals surface area (Å²) in [5.74, 6) is 0. The minimum atomic E-state index is 0.878. The second kappa shape index (κ2) is 5.01. The van der Waals surface area contributed by atoms with Crippen molar-refractivity contribution in [1.29, 1.82) is 0 Å². The van der Waals surface area contributed by atoms with Gasteiger partial charge in [0, 0.05) is 0 Å². The Morgan fingerprint density at radius 3 is 2.43 bits per heavy atom. The van der Waals surface area contributed by atoms with Crippen LogP contribution in [0.1, 0.15) is 13.3 Å². The predicted molar refractivity (Wildman–Crippen MR) is 42.9 cm³/mol. The molecule has 0 aliphatic heterocycles. The molecule has 0 amide bonds. The number of hydrogen-bond donors (Lipinski definition) is 0. The average Bonchev–Trinajstić information content (AvgIpc) is 1.68. The molecule has 0 radical (unpaired) electrons. The van der Waals surface area contributed by atoms with Gasteiger partial charge in [-0.05, 0) is 24.9 Å². The van der Waals surface area contributed by atoms with Crippen molar-refractivity contribution in [3.8, 4) is 0 Å². The first-order chi connectivity index (χ1) is 3.31. The molecule has 0 fully saturated rings. The van der Waals surface area contributed by atoms with Gasteiger partial charge < -0.3 is 0 Å². The first kappa shape index (κ1) is 7.86. The lowest BCUT2D eigenvalue weighted by Gasteiger charge is -2.02. The molecule has 2 unspecified atom stereocenters. The number of rotatable bonds is 3. The van der Waals surface area contributed by atoms with Gasteiger partial charge in [0.1, 0.15) is 0 Å². The zero-order valence-electron chi connectivity index (χ0n) is 5.07. The quantitative estimate of drug-likeness (QED) is 0.520. The highest BCUT2D eigenvalue weighted by atomic mass is 31.1. The highest BCUT2D eigenvalue weighted by Crippen LogP contribution is 2.13. The molecule has 0 aromatic heterocycles. The summed E-state index contributed by atoms with van der Waals surface area (Å²) in [5, 5.41) is 0. The summed E-state index contributed by atoms with van der Waals surface area (Å²) in [7, 11) is 3.99. The molecule has 0 aromatic rings. The van der Waals surface area contributed by atoms with Crippen LogP contribution in [0, 0.1) is 0 Å². The van der Waals surface area contributed by atoms with Crippen molar-refractivity contribution in [2.24, 2.45) is 0 Å². The van der Waals surface area contributed by atoms with E-state index in [0.29, 0.717) is 0 Å². The summed E-state index contributed by atoms with van der Waals surface area (Å²) in [6, 6.07) is 0. The molecule has 0 heterocycles. The van der Waals surface area contributed by atoms with E-state index in [0.717, 1.165) is 14.2 Å². The summed E-state index contributed by atoms with van der Waals surface area (Å²) in [6.07, 6.45) is 2.70. The molecule has 0 bridgehead atoms. The first-order valence-corrected chi connectivity index (χ1v) is 5.08. The van der Waals surface area contributed by atoms with E-state index in [2.05, 4.69) is 22.8 Å². The maximum atomic E-state index is 2.86. The third kappa shape index (κ3) is 4.72. The summed E-state index contributed by atoms with van der Waals surface area (Å²) in [5.41, 5.74) is 0.878. The minimum Gasteiger partial charge on any atom is -0.134 e. The van der Waals surface area contributed by atoms with Crippen LogP contribution in [0.5, 0.6) is 0 Å². The van der Waals surface area contributed by atoms with Crippen molar-refractivity contribution < 1.29 is 0 Å². The molecule has 0 rings (SSSR count). The molecule has 0 N–H and O–H groups in total. The van der Waals surface area contributed by atoms with Crippen LogP contribution in [0.3, 0.4) is 0 Å². The second-order valence-electron chi connectivity index (χ2n) is 1.73. The molecule has 0 saturated carbocycles. The normalized spacial score (nSPS) is 15.9. The smallest absolute Gasteiger partial charge is 0.0230 e. The van der Waals surface area contributed by atoms with Gasteiger partial charge in [-0.1, -0.05) is 6.92 Å². The molecule has 44 valence electrons. The van der Waals surface area contributed by atoms with Crippen molar-refractivity contribution in [3.05, 3.63) is 0 Å². The minimum absolute atomic E-state index is 0.878.